The molecule has 32 heavy (non-hydrogen) atoms. The molecule has 0 aliphatic rings. The second kappa shape index (κ2) is 18.9. The van der Waals surface area contributed by atoms with Gasteiger partial charge in [0.15, 0.2) is 0 Å². The van der Waals surface area contributed by atoms with Crippen molar-refractivity contribution < 1.29 is 37.6 Å². The maximum atomic E-state index is 11.7. The predicted octanol–water partition coefficient (Wildman–Crippen LogP) is 4.19. The number of aliphatic hydroxyl groups excluding tert-OH is 1. The number of quaternary nitrogens is 1. The third-order valence-corrected chi connectivity index (χ3v) is 6.07. The van der Waals surface area contributed by atoms with Gasteiger partial charge >= 0.3 is 5.97 Å². The summed E-state index contributed by atoms with van der Waals surface area (Å²) in [5.74, 6) is -0.388. The second-order valence-corrected chi connectivity index (χ2v) is 11.0. The molecule has 0 radical (unpaired) electrons. The zero-order valence-corrected chi connectivity index (χ0v) is 21.8. The van der Waals surface area contributed by atoms with E-state index in [-0.39, 0.29) is 19.2 Å². The van der Waals surface area contributed by atoms with Gasteiger partial charge in [0.25, 0.3) is 7.82 Å². The van der Waals surface area contributed by atoms with E-state index in [1.807, 2.05) is 21.1 Å². The number of phosphoric acid groups is 1. The van der Waals surface area contributed by atoms with Crippen LogP contribution >= 0.6 is 7.82 Å². The number of nitrogens with zero attached hydrogens (tertiary/aromatic N) is 1. The van der Waals surface area contributed by atoms with E-state index in [4.69, 9.17) is 9.26 Å². The van der Waals surface area contributed by atoms with Crippen LogP contribution in [0.25, 0.3) is 0 Å². The summed E-state index contributed by atoms with van der Waals surface area (Å²) in [6, 6.07) is 0. The maximum absolute atomic E-state index is 11.7. The van der Waals surface area contributed by atoms with Gasteiger partial charge in [0.05, 0.1) is 27.7 Å². The fourth-order valence-electron chi connectivity index (χ4n) is 3.06. The third-order valence-electron chi connectivity index (χ3n) is 5.11. The van der Waals surface area contributed by atoms with Crippen molar-refractivity contribution >= 4 is 13.8 Å². The summed E-state index contributed by atoms with van der Waals surface area (Å²) in [4.78, 5) is 23.4. The Bertz CT molecular complexity index is 511. The van der Waals surface area contributed by atoms with E-state index in [9.17, 15) is 19.4 Å². The zero-order chi connectivity index (χ0) is 24.3. The minimum atomic E-state index is -4.48. The molecule has 0 spiro atoms. The van der Waals surface area contributed by atoms with Gasteiger partial charge in [-0.3, -0.25) is 9.36 Å². The van der Waals surface area contributed by atoms with Gasteiger partial charge in [-0.25, -0.2) is 0 Å². The largest absolute Gasteiger partial charge is 0.756 e. The first kappa shape index (κ1) is 31.5. The Labute approximate surface area is 195 Å². The summed E-state index contributed by atoms with van der Waals surface area (Å²) in [5.41, 5.74) is 0. The van der Waals surface area contributed by atoms with Crippen molar-refractivity contribution in [1.82, 2.24) is 0 Å². The van der Waals surface area contributed by atoms with Crippen molar-refractivity contribution in [3.63, 3.8) is 0 Å². The molecule has 0 heterocycles. The fourth-order valence-corrected chi connectivity index (χ4v) is 3.80. The van der Waals surface area contributed by atoms with Crippen LogP contribution in [0, 0.1) is 0 Å². The lowest BCUT2D eigenvalue weighted by atomic mass is 10.0. The van der Waals surface area contributed by atoms with Gasteiger partial charge in [-0.2, -0.15) is 0 Å². The number of likely N-dealkylation sites (N-methyl/N-ethyl adjacent to an activating group) is 1. The van der Waals surface area contributed by atoms with Crippen LogP contribution in [0.1, 0.15) is 90.4 Å². The van der Waals surface area contributed by atoms with E-state index in [0.717, 1.165) is 19.3 Å². The van der Waals surface area contributed by atoms with Crippen LogP contribution in [-0.2, 0) is 23.1 Å². The lowest BCUT2D eigenvalue weighted by Crippen LogP contribution is -2.37. The monoisotopic (exact) mass is 481 g/mol. The van der Waals surface area contributed by atoms with Crippen molar-refractivity contribution in [2.45, 2.75) is 96.5 Å². The van der Waals surface area contributed by atoms with Crippen LogP contribution in [0.4, 0.5) is 0 Å². The summed E-state index contributed by atoms with van der Waals surface area (Å²) in [6.45, 7) is 1.93. The van der Waals surface area contributed by atoms with E-state index in [2.05, 4.69) is 11.4 Å². The number of aliphatic hydroxyl groups is 1. The number of esters is 1. The molecular weight excluding hydrogens is 433 g/mol. The van der Waals surface area contributed by atoms with E-state index < -0.39 is 20.5 Å². The predicted molar refractivity (Wildman–Crippen MR) is 125 cm³/mol. The summed E-state index contributed by atoms with van der Waals surface area (Å²) in [6.07, 6.45) is 13.7. The van der Waals surface area contributed by atoms with E-state index in [0.29, 0.717) is 17.4 Å². The quantitative estimate of drug-likeness (QED) is 0.107. The maximum Gasteiger partial charge on any atom is 0.305 e. The van der Waals surface area contributed by atoms with Crippen LogP contribution < -0.4 is 4.89 Å². The van der Waals surface area contributed by atoms with Gasteiger partial charge in [-0.1, -0.05) is 77.6 Å². The highest BCUT2D eigenvalue weighted by atomic mass is 31.2. The van der Waals surface area contributed by atoms with E-state index >= 15 is 0 Å². The lowest BCUT2D eigenvalue weighted by Gasteiger charge is -2.27. The molecule has 0 rings (SSSR count). The topological polar surface area (TPSA) is 105 Å². The highest BCUT2D eigenvalue weighted by molar-refractivity contribution is 7.45. The Morgan fingerprint density at radius 3 is 1.88 bits per heavy atom. The van der Waals surface area contributed by atoms with Gasteiger partial charge in [-0.15, -0.1) is 0 Å². The number of carbonyl (C=O) groups is 1. The highest BCUT2D eigenvalue weighted by Crippen LogP contribution is 2.38. The number of hydrogen-bond acceptors (Lipinski definition) is 7. The molecule has 1 unspecified atom stereocenters. The first-order valence-corrected chi connectivity index (χ1v) is 13.8. The number of phosphoric ester groups is 1. The average molecular weight is 482 g/mol. The molecule has 1 N–H and O–H groups in total. The van der Waals surface area contributed by atoms with Gasteiger partial charge in [0, 0.05) is 6.42 Å². The van der Waals surface area contributed by atoms with Crippen molar-refractivity contribution in [3.8, 4) is 0 Å². The summed E-state index contributed by atoms with van der Waals surface area (Å²) < 4.78 is 26.6. The molecule has 0 bridgehead atoms. The molecule has 0 aliphatic heterocycles. The smallest absolute Gasteiger partial charge is 0.305 e. The van der Waals surface area contributed by atoms with Gasteiger partial charge in [-0.05, 0) is 6.42 Å². The number of carbonyl (C=O) groups excluding carboxylic acids is 1. The third kappa shape index (κ3) is 22.7. The standard InChI is InChI=1S/C23H48NO7P/c1-5-6-7-8-9-10-11-12-13-14-15-16-17-23(26)29-20-22(25)21-31-32(27,28)30-19-18-24(2,3)4/h22,25H,5-21H2,1-4H3/t22-/m1/s1. The first-order valence-electron chi connectivity index (χ1n) is 12.3. The molecule has 192 valence electrons. The molecule has 0 saturated heterocycles. The Kier molecular flexibility index (Phi) is 18.6. The van der Waals surface area contributed by atoms with Crippen LogP contribution in [0.2, 0.25) is 0 Å². The number of hydrogen-bond donors (Lipinski definition) is 1. The van der Waals surface area contributed by atoms with Crippen LogP contribution in [0.15, 0.2) is 0 Å². The van der Waals surface area contributed by atoms with E-state index in [1.165, 1.54) is 57.8 Å². The Hall–Kier alpha value is -0.500. The molecule has 8 nitrogen and oxygen atoms in total. The molecule has 0 saturated carbocycles. The number of rotatable bonds is 22. The molecular formula is C23H48NO7P. The minimum Gasteiger partial charge on any atom is -0.756 e. The number of ether oxygens (including phenoxy) is 1. The second-order valence-electron chi connectivity index (χ2n) is 9.57. The Balaban J connectivity index is 3.60. The minimum absolute atomic E-state index is 0.00555. The van der Waals surface area contributed by atoms with Crippen molar-refractivity contribution in [2.24, 2.45) is 0 Å². The molecule has 9 heteroatoms. The fraction of sp³-hybridized carbons (Fsp3) is 0.957. The first-order chi connectivity index (χ1) is 15.1. The van der Waals surface area contributed by atoms with Crippen molar-refractivity contribution in [2.75, 3.05) is 47.5 Å². The molecule has 0 aliphatic carbocycles. The molecule has 0 fully saturated rings. The van der Waals surface area contributed by atoms with Crippen LogP contribution in [-0.4, -0.2) is 69.2 Å². The molecule has 0 aromatic rings. The summed E-state index contributed by atoms with van der Waals surface area (Å²) in [5, 5.41) is 9.77. The molecule has 0 aromatic carbocycles. The molecule has 2 atom stereocenters. The summed E-state index contributed by atoms with van der Waals surface area (Å²) in [7, 11) is 1.25. The van der Waals surface area contributed by atoms with Gasteiger partial charge in [0.1, 0.15) is 25.9 Å². The van der Waals surface area contributed by atoms with E-state index in [1.54, 1.807) is 0 Å². The van der Waals surface area contributed by atoms with Crippen molar-refractivity contribution in [1.29, 1.82) is 0 Å². The highest BCUT2D eigenvalue weighted by Gasteiger charge is 2.16. The summed E-state index contributed by atoms with van der Waals surface area (Å²) >= 11 is 0. The number of unbranched alkanes of at least 4 members (excludes halogenated alkanes) is 11. The Morgan fingerprint density at radius 2 is 1.38 bits per heavy atom. The van der Waals surface area contributed by atoms with Gasteiger partial charge < -0.3 is 28.3 Å². The molecule has 0 amide bonds. The van der Waals surface area contributed by atoms with Crippen LogP contribution in [0.5, 0.6) is 0 Å². The van der Waals surface area contributed by atoms with Gasteiger partial charge in [0.2, 0.25) is 0 Å². The van der Waals surface area contributed by atoms with Crippen LogP contribution in [0.3, 0.4) is 0 Å². The Morgan fingerprint density at radius 1 is 0.875 bits per heavy atom. The average Bonchev–Trinajstić information content (AvgIpc) is 2.70. The molecule has 0 aromatic heterocycles. The zero-order valence-electron chi connectivity index (χ0n) is 20.9. The SMILES string of the molecule is CCCCCCCCCCCCCCC(=O)OC[C@@H](O)COP(=O)([O-])OCC[N+](C)(C)C. The normalized spacial score (nSPS) is 14.8. The lowest BCUT2D eigenvalue weighted by molar-refractivity contribution is -0.870. The van der Waals surface area contributed by atoms with Crippen molar-refractivity contribution in [3.05, 3.63) is 0 Å².